The van der Waals surface area contributed by atoms with Gasteiger partial charge in [-0.05, 0) is 0 Å². The van der Waals surface area contributed by atoms with Crippen LogP contribution in [-0.4, -0.2) is 9.79 Å². The van der Waals surface area contributed by atoms with E-state index in [0.29, 0.717) is 0 Å². The number of hydrazine groups is 1. The molecule has 0 aromatic rings. The predicted octanol–water partition coefficient (Wildman–Crippen LogP) is -1.46. The summed E-state index contributed by atoms with van der Waals surface area (Å²) in [4.78, 5) is 15.4. The molecule has 6 heteroatoms. The highest BCUT2D eigenvalue weighted by Gasteiger charge is 2.05. The molecule has 0 aliphatic rings. The maximum Gasteiger partial charge on any atom is 0.413 e. The fraction of sp³-hybridized carbons (Fsp3) is 0. The fourth-order valence-electron chi connectivity index (χ4n) is 0. The Hall–Kier alpha value is 0.0700. The lowest BCUT2D eigenvalue weighted by Crippen LogP contribution is -2.16. The largest absolute Gasteiger partial charge is 0.413 e. The Morgan fingerprint density at radius 1 is 1.67 bits per heavy atom. The summed E-state index contributed by atoms with van der Waals surface area (Å²) in [6.45, 7) is 0. The Morgan fingerprint density at radius 2 is 1.83 bits per heavy atom. The van der Waals surface area contributed by atoms with Crippen molar-refractivity contribution in [1.82, 2.24) is 5.20 Å². The lowest BCUT2D eigenvalue weighted by Gasteiger charge is -1.94. The summed E-state index contributed by atoms with van der Waals surface area (Å²) in [6, 6.07) is 0. The second kappa shape index (κ2) is 1.68. The molecule has 0 atom stereocenters. The molecule has 0 bridgehead atoms. The fourth-order valence-corrected chi connectivity index (χ4v) is 0. The third kappa shape index (κ3) is 4.07. The first-order chi connectivity index (χ1) is 2.56. The van der Waals surface area contributed by atoms with Crippen molar-refractivity contribution in [1.29, 1.82) is 0 Å². The second-order valence-corrected chi connectivity index (χ2v) is 2.02. The molecule has 0 aliphatic heterocycles. The van der Waals surface area contributed by atoms with E-state index in [-0.39, 0.29) is 0 Å². The van der Waals surface area contributed by atoms with E-state index in [9.17, 15) is 4.57 Å². The first kappa shape index (κ1) is 6.07. The molecule has 0 aliphatic carbocycles. The van der Waals surface area contributed by atoms with Gasteiger partial charge in [-0.1, -0.05) is 0 Å². The predicted molar refractivity (Wildman–Crippen MR) is 19.4 cm³/mol. The highest BCUT2D eigenvalue weighted by atomic mass is 31.2. The second-order valence-electron chi connectivity index (χ2n) is 0.673. The Kier molecular flexibility index (Phi) is 1.70. The molecule has 0 aromatic heterocycles. The first-order valence-corrected chi connectivity index (χ1v) is 2.71. The van der Waals surface area contributed by atoms with Crippen LogP contribution >= 0.6 is 7.75 Å². The molecule has 0 fully saturated rings. The number of nitrogens with two attached hydrogens (primary N) is 1. The summed E-state index contributed by atoms with van der Waals surface area (Å²) in [6.07, 6.45) is 0. The van der Waals surface area contributed by atoms with Gasteiger partial charge in [-0.2, -0.15) is 5.20 Å². The summed E-state index contributed by atoms with van der Waals surface area (Å²) in [5.74, 6) is 4.29. The average molecular weight is 112 g/mol. The van der Waals surface area contributed by atoms with Gasteiger partial charge in [0.2, 0.25) is 0 Å². The third-order valence-corrected chi connectivity index (χ3v) is 0.505. The zero-order valence-electron chi connectivity index (χ0n) is 2.83. The zero-order chi connectivity index (χ0) is 5.21. The quantitative estimate of drug-likeness (QED) is 0.189. The number of hydrogen-bond donors (Lipinski definition) is 4. The molecule has 0 amide bonds. The van der Waals surface area contributed by atoms with E-state index in [1.165, 1.54) is 5.20 Å². The Bertz CT molecular complexity index is 72.9. The van der Waals surface area contributed by atoms with Gasteiger partial charge in [0.1, 0.15) is 0 Å². The van der Waals surface area contributed by atoms with Crippen LogP contribution in [0.2, 0.25) is 0 Å². The standard InChI is InChI=1S/H5N2O3P/c1-2-6(3,4)5/h1H2,(H3,2,3,4,5). The number of rotatable bonds is 1. The molecule has 0 saturated heterocycles. The molecule has 0 saturated carbocycles. The van der Waals surface area contributed by atoms with Crippen LogP contribution in [0.15, 0.2) is 0 Å². The van der Waals surface area contributed by atoms with Gasteiger partial charge in [0, 0.05) is 0 Å². The monoisotopic (exact) mass is 112 g/mol. The van der Waals surface area contributed by atoms with Crippen molar-refractivity contribution in [2.75, 3.05) is 0 Å². The molecule has 6 heavy (non-hydrogen) atoms. The van der Waals surface area contributed by atoms with Crippen LogP contribution in [0, 0.1) is 0 Å². The van der Waals surface area contributed by atoms with Crippen molar-refractivity contribution < 1.29 is 14.4 Å². The van der Waals surface area contributed by atoms with Crippen LogP contribution in [0.25, 0.3) is 0 Å². The summed E-state index contributed by atoms with van der Waals surface area (Å²) < 4.78 is 9.46. The summed E-state index contributed by atoms with van der Waals surface area (Å²) in [5.41, 5.74) is 0. The molecule has 5 N–H and O–H groups in total. The van der Waals surface area contributed by atoms with E-state index in [1.807, 2.05) is 0 Å². The van der Waals surface area contributed by atoms with Gasteiger partial charge in [0.15, 0.2) is 0 Å². The maximum atomic E-state index is 9.46. The van der Waals surface area contributed by atoms with Crippen LogP contribution in [0.4, 0.5) is 0 Å². The molecule has 0 rings (SSSR count). The number of hydrogen-bond acceptors (Lipinski definition) is 2. The van der Waals surface area contributed by atoms with Crippen LogP contribution < -0.4 is 11.0 Å². The van der Waals surface area contributed by atoms with Crippen LogP contribution in [0.3, 0.4) is 0 Å². The zero-order valence-corrected chi connectivity index (χ0v) is 3.72. The normalized spacial score (nSPS) is 11.8. The van der Waals surface area contributed by atoms with Gasteiger partial charge in [-0.3, -0.25) is 5.84 Å². The molecular formula is H5N2O3P. The van der Waals surface area contributed by atoms with Crippen LogP contribution in [0.1, 0.15) is 0 Å². The van der Waals surface area contributed by atoms with Gasteiger partial charge < -0.3 is 9.79 Å². The molecule has 0 heterocycles. The van der Waals surface area contributed by atoms with Gasteiger partial charge in [0.25, 0.3) is 0 Å². The Labute approximate surface area is 34.3 Å². The molecule has 0 spiro atoms. The van der Waals surface area contributed by atoms with Crippen molar-refractivity contribution in [2.45, 2.75) is 0 Å². The maximum absolute atomic E-state index is 9.46. The van der Waals surface area contributed by atoms with E-state index in [4.69, 9.17) is 9.79 Å². The third-order valence-electron chi connectivity index (χ3n) is 0.168. The SMILES string of the molecule is NNP(=O)(O)O. The van der Waals surface area contributed by atoms with Crippen LogP contribution in [0.5, 0.6) is 0 Å². The van der Waals surface area contributed by atoms with E-state index < -0.39 is 7.75 Å². The molecule has 38 valence electrons. The van der Waals surface area contributed by atoms with E-state index in [0.717, 1.165) is 0 Å². The molecule has 0 radical (unpaired) electrons. The molecule has 0 aromatic carbocycles. The summed E-state index contributed by atoms with van der Waals surface area (Å²) in [7, 11) is -4.12. The van der Waals surface area contributed by atoms with Crippen molar-refractivity contribution >= 4 is 7.75 Å². The van der Waals surface area contributed by atoms with E-state index >= 15 is 0 Å². The smallest absolute Gasteiger partial charge is 0.312 e. The van der Waals surface area contributed by atoms with Gasteiger partial charge in [0.05, 0.1) is 0 Å². The molecule has 0 unspecified atom stereocenters. The van der Waals surface area contributed by atoms with Crippen LogP contribution in [-0.2, 0) is 4.57 Å². The van der Waals surface area contributed by atoms with Gasteiger partial charge in [-0.15, -0.1) is 0 Å². The van der Waals surface area contributed by atoms with Crippen molar-refractivity contribution in [2.24, 2.45) is 5.84 Å². The van der Waals surface area contributed by atoms with Gasteiger partial charge in [-0.25, -0.2) is 4.57 Å². The lowest BCUT2D eigenvalue weighted by atomic mass is 13.0. The topological polar surface area (TPSA) is 95.6 Å². The molecule has 5 nitrogen and oxygen atoms in total. The summed E-state index contributed by atoms with van der Waals surface area (Å²) in [5, 5.41) is 1.27. The highest BCUT2D eigenvalue weighted by molar-refractivity contribution is 7.49. The van der Waals surface area contributed by atoms with E-state index in [2.05, 4.69) is 5.84 Å². The summed E-state index contributed by atoms with van der Waals surface area (Å²) >= 11 is 0. The number of nitrogens with one attached hydrogen (secondary N) is 1. The average Bonchev–Trinajstić information content (AvgIpc) is 1.35. The van der Waals surface area contributed by atoms with Crippen molar-refractivity contribution in [3.63, 3.8) is 0 Å². The molecular weight excluding hydrogens is 107 g/mol. The first-order valence-electron chi connectivity index (χ1n) is 1.09. The minimum atomic E-state index is -4.12. The Balaban J connectivity index is 3.48. The van der Waals surface area contributed by atoms with Crippen molar-refractivity contribution in [3.8, 4) is 0 Å². The minimum absolute atomic E-state index is 1.27. The van der Waals surface area contributed by atoms with Gasteiger partial charge >= 0.3 is 7.75 Å². The van der Waals surface area contributed by atoms with E-state index in [1.54, 1.807) is 0 Å². The Morgan fingerprint density at radius 3 is 1.83 bits per heavy atom. The minimum Gasteiger partial charge on any atom is -0.312 e. The lowest BCUT2D eigenvalue weighted by molar-refractivity contribution is 0.358. The van der Waals surface area contributed by atoms with Crippen molar-refractivity contribution in [3.05, 3.63) is 0 Å². The highest BCUT2D eigenvalue weighted by Crippen LogP contribution is 2.24.